The molecule has 1 N–H and O–H groups in total. The van der Waals surface area contributed by atoms with E-state index in [-0.39, 0.29) is 6.10 Å². The van der Waals surface area contributed by atoms with Gasteiger partial charge >= 0.3 is 12.3 Å². The molecule has 7 heteroatoms. The van der Waals surface area contributed by atoms with Crippen molar-refractivity contribution in [2.75, 3.05) is 13.2 Å². The van der Waals surface area contributed by atoms with Crippen LogP contribution < -0.4 is 5.32 Å². The van der Waals surface area contributed by atoms with E-state index in [1.54, 1.807) is 5.32 Å². The van der Waals surface area contributed by atoms with Crippen LogP contribution in [0.2, 0.25) is 0 Å². The number of epoxide rings is 1. The fraction of sp³-hybridized carbons (Fsp3) is 0.929. The first kappa shape index (κ1) is 18.1. The summed E-state index contributed by atoms with van der Waals surface area (Å²) in [5.74, 6) is 0.317. The molecule has 1 rings (SSSR count). The molecule has 0 aliphatic carbocycles. The summed E-state index contributed by atoms with van der Waals surface area (Å²) in [6.07, 6.45) is -1.20. The van der Waals surface area contributed by atoms with Gasteiger partial charge in [0.25, 0.3) is 0 Å². The molecule has 0 aromatic rings. The van der Waals surface area contributed by atoms with Gasteiger partial charge in [-0.1, -0.05) is 20.3 Å². The van der Waals surface area contributed by atoms with Gasteiger partial charge in [0.2, 0.25) is 0 Å². The number of rotatable bonds is 9. The van der Waals surface area contributed by atoms with Crippen LogP contribution in [0.4, 0.5) is 18.0 Å². The summed E-state index contributed by atoms with van der Waals surface area (Å²) < 4.78 is 46.2. The average Bonchev–Trinajstić information content (AvgIpc) is 3.14. The Labute approximate surface area is 123 Å². The molecule has 1 aliphatic heterocycles. The van der Waals surface area contributed by atoms with Crippen LogP contribution in [0.3, 0.4) is 0 Å². The standard InChI is InChI=1S/C14H24F3NO3/c1-10(2)7-11(5-3-4-6-12-8-20-12)21-13(19)18-9-14(15,16)17/h10-12H,3-9H2,1-2H3,(H,18,19). The van der Waals surface area contributed by atoms with E-state index in [0.717, 1.165) is 25.9 Å². The summed E-state index contributed by atoms with van der Waals surface area (Å²) in [6, 6.07) is 0. The average molecular weight is 311 g/mol. The molecule has 0 bridgehead atoms. The van der Waals surface area contributed by atoms with Gasteiger partial charge in [-0.2, -0.15) is 13.2 Å². The van der Waals surface area contributed by atoms with Crippen LogP contribution in [0.25, 0.3) is 0 Å². The lowest BCUT2D eigenvalue weighted by Gasteiger charge is -2.20. The minimum atomic E-state index is -4.42. The molecule has 1 aliphatic rings. The molecule has 0 aromatic heterocycles. The van der Waals surface area contributed by atoms with E-state index in [1.165, 1.54) is 0 Å². The van der Waals surface area contributed by atoms with E-state index in [4.69, 9.17) is 9.47 Å². The number of carbonyl (C=O) groups excluding carboxylic acids is 1. The van der Waals surface area contributed by atoms with E-state index in [1.807, 2.05) is 13.8 Å². The molecular weight excluding hydrogens is 287 g/mol. The Balaban J connectivity index is 2.24. The smallest absolute Gasteiger partial charge is 0.407 e. The van der Waals surface area contributed by atoms with E-state index in [0.29, 0.717) is 24.9 Å². The summed E-state index contributed by atoms with van der Waals surface area (Å²) in [4.78, 5) is 11.4. The number of unbranched alkanes of at least 4 members (excludes halogenated alkanes) is 1. The number of amides is 1. The minimum Gasteiger partial charge on any atom is -0.446 e. The van der Waals surface area contributed by atoms with Crippen molar-refractivity contribution in [3.05, 3.63) is 0 Å². The van der Waals surface area contributed by atoms with Crippen molar-refractivity contribution in [2.45, 2.75) is 64.3 Å². The second-order valence-electron chi connectivity index (χ2n) is 5.87. The molecule has 0 saturated carbocycles. The molecule has 2 unspecified atom stereocenters. The van der Waals surface area contributed by atoms with Crippen LogP contribution in [0.5, 0.6) is 0 Å². The lowest BCUT2D eigenvalue weighted by atomic mass is 10.0. The van der Waals surface area contributed by atoms with Gasteiger partial charge < -0.3 is 14.8 Å². The molecule has 0 spiro atoms. The molecule has 21 heavy (non-hydrogen) atoms. The van der Waals surface area contributed by atoms with Crippen LogP contribution in [-0.2, 0) is 9.47 Å². The maximum atomic E-state index is 12.0. The molecule has 4 nitrogen and oxygen atoms in total. The van der Waals surface area contributed by atoms with Gasteiger partial charge in [0.15, 0.2) is 0 Å². The summed E-state index contributed by atoms with van der Waals surface area (Å²) in [5.41, 5.74) is 0. The summed E-state index contributed by atoms with van der Waals surface area (Å²) in [7, 11) is 0. The molecule has 2 atom stereocenters. The topological polar surface area (TPSA) is 50.9 Å². The van der Waals surface area contributed by atoms with Crippen molar-refractivity contribution < 1.29 is 27.4 Å². The zero-order chi connectivity index (χ0) is 15.9. The van der Waals surface area contributed by atoms with E-state index >= 15 is 0 Å². The van der Waals surface area contributed by atoms with Crippen LogP contribution in [0.15, 0.2) is 0 Å². The largest absolute Gasteiger partial charge is 0.446 e. The van der Waals surface area contributed by atoms with Crippen LogP contribution in [-0.4, -0.2) is 37.6 Å². The Morgan fingerprint density at radius 1 is 1.38 bits per heavy atom. The predicted molar refractivity (Wildman–Crippen MR) is 72.0 cm³/mol. The Hall–Kier alpha value is -0.980. The Morgan fingerprint density at radius 2 is 2.05 bits per heavy atom. The Kier molecular flexibility index (Phi) is 7.28. The van der Waals surface area contributed by atoms with Gasteiger partial charge in [0.1, 0.15) is 12.6 Å². The summed E-state index contributed by atoms with van der Waals surface area (Å²) in [6.45, 7) is 3.44. The van der Waals surface area contributed by atoms with E-state index in [9.17, 15) is 18.0 Å². The van der Waals surface area contributed by atoms with Crippen molar-refractivity contribution in [1.29, 1.82) is 0 Å². The lowest BCUT2D eigenvalue weighted by Crippen LogP contribution is -2.36. The molecule has 1 saturated heterocycles. The molecule has 124 valence electrons. The molecule has 1 heterocycles. The van der Waals surface area contributed by atoms with Gasteiger partial charge in [-0.15, -0.1) is 0 Å². The zero-order valence-corrected chi connectivity index (χ0v) is 12.5. The van der Waals surface area contributed by atoms with Crippen LogP contribution in [0.1, 0.15) is 46.0 Å². The SMILES string of the molecule is CC(C)CC(CCCCC1CO1)OC(=O)NCC(F)(F)F. The van der Waals surface area contributed by atoms with Crippen molar-refractivity contribution in [2.24, 2.45) is 5.92 Å². The highest BCUT2D eigenvalue weighted by Crippen LogP contribution is 2.20. The maximum absolute atomic E-state index is 12.0. The third-order valence-corrected chi connectivity index (χ3v) is 3.15. The van der Waals surface area contributed by atoms with Gasteiger partial charge in [0.05, 0.1) is 12.7 Å². The number of ether oxygens (including phenoxy) is 2. The second kappa shape index (κ2) is 8.46. The molecular formula is C14H24F3NO3. The van der Waals surface area contributed by atoms with Crippen molar-refractivity contribution >= 4 is 6.09 Å². The lowest BCUT2D eigenvalue weighted by molar-refractivity contribution is -0.124. The fourth-order valence-corrected chi connectivity index (χ4v) is 2.09. The Bertz CT molecular complexity index is 317. The number of halogens is 3. The highest BCUT2D eigenvalue weighted by molar-refractivity contribution is 5.67. The van der Waals surface area contributed by atoms with E-state index in [2.05, 4.69) is 0 Å². The molecule has 1 amide bonds. The number of alkyl carbamates (subject to hydrolysis) is 1. The number of hydrogen-bond acceptors (Lipinski definition) is 3. The summed E-state index contributed by atoms with van der Waals surface area (Å²) in [5, 5.41) is 1.74. The van der Waals surface area contributed by atoms with Crippen LogP contribution in [0, 0.1) is 5.92 Å². The first-order chi connectivity index (χ1) is 9.76. The quantitative estimate of drug-likeness (QED) is 0.522. The normalized spacial score (nSPS) is 19.4. The van der Waals surface area contributed by atoms with Gasteiger partial charge in [-0.3, -0.25) is 0 Å². The van der Waals surface area contributed by atoms with E-state index < -0.39 is 18.8 Å². The first-order valence-electron chi connectivity index (χ1n) is 7.39. The predicted octanol–water partition coefficient (Wildman–Crippen LogP) is 3.65. The zero-order valence-electron chi connectivity index (χ0n) is 12.5. The van der Waals surface area contributed by atoms with Gasteiger partial charge in [0, 0.05) is 0 Å². The Morgan fingerprint density at radius 3 is 2.57 bits per heavy atom. The third-order valence-electron chi connectivity index (χ3n) is 3.15. The third kappa shape index (κ3) is 10.4. The monoisotopic (exact) mass is 311 g/mol. The minimum absolute atomic E-state index is 0.317. The molecule has 0 aromatic carbocycles. The number of carbonyl (C=O) groups is 1. The van der Waals surface area contributed by atoms with Crippen molar-refractivity contribution in [1.82, 2.24) is 5.32 Å². The van der Waals surface area contributed by atoms with Crippen molar-refractivity contribution in [3.63, 3.8) is 0 Å². The number of alkyl halides is 3. The first-order valence-corrected chi connectivity index (χ1v) is 7.39. The fourth-order valence-electron chi connectivity index (χ4n) is 2.09. The maximum Gasteiger partial charge on any atom is 0.407 e. The van der Waals surface area contributed by atoms with Crippen molar-refractivity contribution in [3.8, 4) is 0 Å². The molecule has 0 radical (unpaired) electrons. The summed E-state index contributed by atoms with van der Waals surface area (Å²) >= 11 is 0. The molecule has 1 fully saturated rings. The van der Waals surface area contributed by atoms with Gasteiger partial charge in [-0.05, 0) is 31.6 Å². The number of nitrogens with one attached hydrogen (secondary N) is 1. The van der Waals surface area contributed by atoms with Gasteiger partial charge in [-0.25, -0.2) is 4.79 Å². The number of hydrogen-bond donors (Lipinski definition) is 1. The van der Waals surface area contributed by atoms with Crippen LogP contribution >= 0.6 is 0 Å². The highest BCUT2D eigenvalue weighted by Gasteiger charge is 2.28. The highest BCUT2D eigenvalue weighted by atomic mass is 19.4. The second-order valence-corrected chi connectivity index (χ2v) is 5.87.